The highest BCUT2D eigenvalue weighted by molar-refractivity contribution is 5.99. The summed E-state index contributed by atoms with van der Waals surface area (Å²) in [6, 6.07) is 8.62. The van der Waals surface area contributed by atoms with E-state index in [4.69, 9.17) is 9.47 Å². The molecule has 0 radical (unpaired) electrons. The van der Waals surface area contributed by atoms with Crippen molar-refractivity contribution >= 4 is 23.5 Å². The fourth-order valence-electron chi connectivity index (χ4n) is 2.67. The molecule has 9 heteroatoms. The summed E-state index contributed by atoms with van der Waals surface area (Å²) in [5.74, 6) is -4.24. The van der Waals surface area contributed by atoms with Gasteiger partial charge in [0.15, 0.2) is 6.61 Å². The molecule has 2 N–H and O–H groups in total. The van der Waals surface area contributed by atoms with E-state index in [1.165, 1.54) is 0 Å². The van der Waals surface area contributed by atoms with Gasteiger partial charge in [-0.3, -0.25) is 9.59 Å². The Morgan fingerprint density at radius 2 is 1.65 bits per heavy atom. The number of carbonyl (C=O) groups excluding carboxylic acids is 3. The number of hydrogen-bond acceptors (Lipinski definition) is 5. The largest absolute Gasteiger partial charge is 0.493 e. The maximum atomic E-state index is 13.6. The van der Waals surface area contributed by atoms with Crippen LogP contribution in [0.25, 0.3) is 0 Å². The molecular weight excluding hydrogens is 410 g/mol. The number of nitrogens with one attached hydrogen (secondary N) is 2. The van der Waals surface area contributed by atoms with E-state index < -0.39 is 47.8 Å². The lowest BCUT2D eigenvalue weighted by Gasteiger charge is -2.21. The molecule has 0 saturated carbocycles. The summed E-state index contributed by atoms with van der Waals surface area (Å²) in [7, 11) is 0. The van der Waals surface area contributed by atoms with Crippen molar-refractivity contribution in [1.29, 1.82) is 0 Å². The maximum absolute atomic E-state index is 13.6. The van der Waals surface area contributed by atoms with Gasteiger partial charge in [-0.25, -0.2) is 13.6 Å². The van der Waals surface area contributed by atoms with E-state index in [-0.39, 0.29) is 11.5 Å². The van der Waals surface area contributed by atoms with Crippen molar-refractivity contribution in [1.82, 2.24) is 5.32 Å². The average molecular weight is 434 g/mol. The second-order valence-electron chi connectivity index (χ2n) is 6.88. The van der Waals surface area contributed by atoms with E-state index in [2.05, 4.69) is 5.32 Å². The Morgan fingerprint density at radius 1 is 1.00 bits per heavy atom. The van der Waals surface area contributed by atoms with Gasteiger partial charge in [0.1, 0.15) is 29.1 Å². The number of benzene rings is 2. The molecule has 2 amide bonds. The Kier molecular flexibility index (Phi) is 8.48. The van der Waals surface area contributed by atoms with Crippen LogP contribution < -0.4 is 15.4 Å². The van der Waals surface area contributed by atoms with Gasteiger partial charge in [-0.1, -0.05) is 32.0 Å². The second-order valence-corrected chi connectivity index (χ2v) is 6.88. The molecule has 0 aromatic heterocycles. The van der Waals surface area contributed by atoms with Gasteiger partial charge in [-0.2, -0.15) is 0 Å². The van der Waals surface area contributed by atoms with Gasteiger partial charge >= 0.3 is 5.97 Å². The maximum Gasteiger partial charge on any atom is 0.329 e. The van der Waals surface area contributed by atoms with E-state index in [9.17, 15) is 23.2 Å². The first-order valence-electron chi connectivity index (χ1n) is 9.67. The van der Waals surface area contributed by atoms with Gasteiger partial charge in [-0.05, 0) is 37.1 Å². The Balaban J connectivity index is 2.01. The van der Waals surface area contributed by atoms with Gasteiger partial charge < -0.3 is 20.1 Å². The Labute approximate surface area is 178 Å². The molecule has 0 aliphatic rings. The predicted octanol–water partition coefficient (Wildman–Crippen LogP) is 3.30. The quantitative estimate of drug-likeness (QED) is 0.591. The third kappa shape index (κ3) is 6.50. The SMILES string of the molecule is CCOc1ccccc1C(=O)NC(C(=O)OCC(=O)Nc1c(F)cccc1F)C(C)C. The number of para-hydroxylation sites is 2. The number of rotatable bonds is 9. The number of ether oxygens (including phenoxy) is 2. The van der Waals surface area contributed by atoms with E-state index in [1.54, 1.807) is 45.0 Å². The van der Waals surface area contributed by atoms with Crippen LogP contribution in [0.2, 0.25) is 0 Å². The second kappa shape index (κ2) is 11.1. The Hall–Kier alpha value is -3.49. The standard InChI is InChI=1S/C22H24F2N2O5/c1-4-30-17-11-6-5-8-14(17)21(28)26-19(13(2)3)22(29)31-12-18(27)25-20-15(23)9-7-10-16(20)24/h5-11,13,19H,4,12H2,1-3H3,(H,25,27)(H,26,28). The number of hydrogen-bond donors (Lipinski definition) is 2. The first kappa shape index (κ1) is 23.8. The first-order valence-corrected chi connectivity index (χ1v) is 9.67. The molecule has 7 nitrogen and oxygen atoms in total. The topological polar surface area (TPSA) is 93.7 Å². The van der Waals surface area contributed by atoms with Crippen molar-refractivity contribution in [3.05, 3.63) is 59.7 Å². The van der Waals surface area contributed by atoms with Crippen LogP contribution in [-0.2, 0) is 14.3 Å². The lowest BCUT2D eigenvalue weighted by Crippen LogP contribution is -2.46. The van der Waals surface area contributed by atoms with Crippen LogP contribution in [0.15, 0.2) is 42.5 Å². The number of amides is 2. The normalized spacial score (nSPS) is 11.5. The van der Waals surface area contributed by atoms with Gasteiger partial charge in [0, 0.05) is 0 Å². The molecule has 2 rings (SSSR count). The molecule has 31 heavy (non-hydrogen) atoms. The molecule has 1 atom stereocenters. The molecule has 0 heterocycles. The van der Waals surface area contributed by atoms with Crippen LogP contribution in [0.5, 0.6) is 5.75 Å². The summed E-state index contributed by atoms with van der Waals surface area (Å²) < 4.78 is 37.6. The third-order valence-corrected chi connectivity index (χ3v) is 4.21. The average Bonchev–Trinajstić information content (AvgIpc) is 2.73. The summed E-state index contributed by atoms with van der Waals surface area (Å²) in [6.45, 7) is 4.74. The zero-order valence-electron chi connectivity index (χ0n) is 17.4. The summed E-state index contributed by atoms with van der Waals surface area (Å²) in [4.78, 5) is 37.1. The summed E-state index contributed by atoms with van der Waals surface area (Å²) >= 11 is 0. The molecular formula is C22H24F2N2O5. The van der Waals surface area contributed by atoms with E-state index in [0.29, 0.717) is 12.4 Å². The molecule has 166 valence electrons. The molecule has 0 saturated heterocycles. The molecule has 0 aliphatic carbocycles. The number of esters is 1. The van der Waals surface area contributed by atoms with Crippen molar-refractivity contribution in [2.45, 2.75) is 26.8 Å². The van der Waals surface area contributed by atoms with E-state index in [1.807, 2.05) is 5.32 Å². The minimum absolute atomic E-state index is 0.246. The van der Waals surface area contributed by atoms with Crippen LogP contribution in [0.3, 0.4) is 0 Å². The van der Waals surface area contributed by atoms with Crippen LogP contribution in [0.4, 0.5) is 14.5 Å². The first-order chi connectivity index (χ1) is 14.7. The van der Waals surface area contributed by atoms with Crippen LogP contribution in [0, 0.1) is 17.6 Å². The highest BCUT2D eigenvalue weighted by atomic mass is 19.1. The van der Waals surface area contributed by atoms with Crippen molar-refractivity contribution in [2.24, 2.45) is 5.92 Å². The summed E-state index contributed by atoms with van der Waals surface area (Å²) in [6.07, 6.45) is 0. The molecule has 2 aromatic carbocycles. The van der Waals surface area contributed by atoms with Crippen molar-refractivity contribution < 1.29 is 32.6 Å². The summed E-state index contributed by atoms with van der Waals surface area (Å²) in [5.41, 5.74) is -0.389. The lowest BCUT2D eigenvalue weighted by atomic mass is 10.0. The van der Waals surface area contributed by atoms with E-state index >= 15 is 0 Å². The highest BCUT2D eigenvalue weighted by Crippen LogP contribution is 2.19. The minimum atomic E-state index is -1.06. The summed E-state index contributed by atoms with van der Waals surface area (Å²) in [5, 5.41) is 4.60. The fourth-order valence-corrected chi connectivity index (χ4v) is 2.67. The van der Waals surface area contributed by atoms with Crippen molar-refractivity contribution in [3.63, 3.8) is 0 Å². The zero-order valence-corrected chi connectivity index (χ0v) is 17.4. The fraction of sp³-hybridized carbons (Fsp3) is 0.318. The molecule has 0 fully saturated rings. The number of carbonyl (C=O) groups is 3. The van der Waals surface area contributed by atoms with Crippen LogP contribution in [-0.4, -0.2) is 37.0 Å². The molecule has 0 spiro atoms. The molecule has 2 aromatic rings. The highest BCUT2D eigenvalue weighted by Gasteiger charge is 2.28. The smallest absolute Gasteiger partial charge is 0.329 e. The van der Waals surface area contributed by atoms with E-state index in [0.717, 1.165) is 18.2 Å². The minimum Gasteiger partial charge on any atom is -0.493 e. The Morgan fingerprint density at radius 3 is 2.26 bits per heavy atom. The van der Waals surface area contributed by atoms with Crippen molar-refractivity contribution in [3.8, 4) is 5.75 Å². The van der Waals surface area contributed by atoms with Gasteiger partial charge in [0.05, 0.1) is 12.2 Å². The van der Waals surface area contributed by atoms with Gasteiger partial charge in [-0.15, -0.1) is 0 Å². The monoisotopic (exact) mass is 434 g/mol. The zero-order chi connectivity index (χ0) is 23.0. The van der Waals surface area contributed by atoms with Crippen molar-refractivity contribution in [2.75, 3.05) is 18.5 Å². The lowest BCUT2D eigenvalue weighted by molar-refractivity contribution is -0.150. The third-order valence-electron chi connectivity index (χ3n) is 4.21. The van der Waals surface area contributed by atoms with Crippen LogP contribution >= 0.6 is 0 Å². The molecule has 0 aliphatic heterocycles. The van der Waals surface area contributed by atoms with Crippen LogP contribution in [0.1, 0.15) is 31.1 Å². The Bertz CT molecular complexity index is 929. The predicted molar refractivity (Wildman–Crippen MR) is 110 cm³/mol. The number of anilines is 1. The molecule has 0 bridgehead atoms. The molecule has 1 unspecified atom stereocenters. The number of halogens is 2. The van der Waals surface area contributed by atoms with Gasteiger partial charge in [0.2, 0.25) is 0 Å². The van der Waals surface area contributed by atoms with Gasteiger partial charge in [0.25, 0.3) is 11.8 Å².